The second-order valence-corrected chi connectivity index (χ2v) is 5.38. The van der Waals surface area contributed by atoms with Gasteiger partial charge in [0, 0.05) is 18.1 Å². The molecule has 2 rings (SSSR count). The Balaban J connectivity index is 2.07. The molecule has 0 amide bonds. The maximum Gasteiger partial charge on any atom is 0.338 e. The van der Waals surface area contributed by atoms with Crippen LogP contribution in [0.15, 0.2) is 48.5 Å². The molecule has 4 heteroatoms. The van der Waals surface area contributed by atoms with E-state index >= 15 is 0 Å². The zero-order chi connectivity index (χ0) is 15.2. The SMILES string of the molecule is COC(=O)c1ccccc1CN(C)Cc1ccc(Cl)cc1. The number of carbonyl (C=O) groups excluding carboxylic acids is 1. The van der Waals surface area contributed by atoms with Gasteiger partial charge >= 0.3 is 5.97 Å². The molecule has 110 valence electrons. The van der Waals surface area contributed by atoms with Crippen molar-refractivity contribution in [1.29, 1.82) is 0 Å². The fourth-order valence-corrected chi connectivity index (χ4v) is 2.34. The van der Waals surface area contributed by atoms with Crippen molar-refractivity contribution in [2.45, 2.75) is 13.1 Å². The second kappa shape index (κ2) is 7.25. The normalized spacial score (nSPS) is 10.7. The van der Waals surface area contributed by atoms with E-state index in [0.717, 1.165) is 17.1 Å². The highest BCUT2D eigenvalue weighted by atomic mass is 35.5. The Morgan fingerprint density at radius 3 is 2.43 bits per heavy atom. The molecule has 0 spiro atoms. The standard InChI is InChI=1S/C17H18ClNO2/c1-19(11-13-7-9-15(18)10-8-13)12-14-5-3-4-6-16(14)17(20)21-2/h3-10H,11-12H2,1-2H3. The highest BCUT2D eigenvalue weighted by molar-refractivity contribution is 6.30. The quantitative estimate of drug-likeness (QED) is 0.788. The van der Waals surface area contributed by atoms with Gasteiger partial charge in [-0.05, 0) is 36.4 Å². The van der Waals surface area contributed by atoms with Gasteiger partial charge < -0.3 is 4.74 Å². The van der Waals surface area contributed by atoms with Crippen molar-refractivity contribution in [2.75, 3.05) is 14.2 Å². The molecule has 0 aliphatic heterocycles. The maximum absolute atomic E-state index is 11.8. The van der Waals surface area contributed by atoms with Crippen molar-refractivity contribution in [1.82, 2.24) is 4.90 Å². The van der Waals surface area contributed by atoms with Crippen LogP contribution in [0.5, 0.6) is 0 Å². The Morgan fingerprint density at radius 2 is 1.76 bits per heavy atom. The first-order valence-corrected chi connectivity index (χ1v) is 7.07. The van der Waals surface area contributed by atoms with E-state index < -0.39 is 0 Å². The minimum atomic E-state index is -0.300. The van der Waals surface area contributed by atoms with Crippen LogP contribution in [0.2, 0.25) is 5.02 Å². The Labute approximate surface area is 130 Å². The number of methoxy groups -OCH3 is 1. The molecule has 0 atom stereocenters. The zero-order valence-corrected chi connectivity index (χ0v) is 12.9. The number of esters is 1. The summed E-state index contributed by atoms with van der Waals surface area (Å²) in [6.45, 7) is 1.46. The second-order valence-electron chi connectivity index (χ2n) is 4.95. The van der Waals surface area contributed by atoms with Crippen LogP contribution < -0.4 is 0 Å². The molecule has 0 unspecified atom stereocenters. The summed E-state index contributed by atoms with van der Waals surface area (Å²) in [4.78, 5) is 13.9. The lowest BCUT2D eigenvalue weighted by Gasteiger charge is -2.18. The molecule has 0 aromatic heterocycles. The van der Waals surface area contributed by atoms with E-state index in [0.29, 0.717) is 12.1 Å². The average molecular weight is 304 g/mol. The average Bonchev–Trinajstić information content (AvgIpc) is 2.49. The summed E-state index contributed by atoms with van der Waals surface area (Å²) in [5, 5.41) is 0.734. The van der Waals surface area contributed by atoms with Gasteiger partial charge in [0.1, 0.15) is 0 Å². The molecule has 0 bridgehead atoms. The molecule has 0 N–H and O–H groups in total. The lowest BCUT2D eigenvalue weighted by Crippen LogP contribution is -2.19. The summed E-state index contributed by atoms with van der Waals surface area (Å²) >= 11 is 5.88. The van der Waals surface area contributed by atoms with Crippen LogP contribution in [-0.2, 0) is 17.8 Å². The van der Waals surface area contributed by atoms with Crippen molar-refractivity contribution < 1.29 is 9.53 Å². The predicted molar refractivity (Wildman–Crippen MR) is 84.4 cm³/mol. The molecular formula is C17H18ClNO2. The third-order valence-corrected chi connectivity index (χ3v) is 3.48. The molecule has 0 aliphatic rings. The molecule has 0 radical (unpaired) electrons. The van der Waals surface area contributed by atoms with E-state index in [1.54, 1.807) is 6.07 Å². The summed E-state index contributed by atoms with van der Waals surface area (Å²) in [6, 6.07) is 15.3. The molecule has 0 saturated carbocycles. The van der Waals surface area contributed by atoms with Gasteiger partial charge in [0.05, 0.1) is 12.7 Å². The number of ether oxygens (including phenoxy) is 1. The van der Waals surface area contributed by atoms with E-state index in [-0.39, 0.29) is 5.97 Å². The summed E-state index contributed by atoms with van der Waals surface area (Å²) in [5.41, 5.74) is 2.75. The minimum absolute atomic E-state index is 0.300. The first-order valence-electron chi connectivity index (χ1n) is 6.69. The number of halogens is 1. The summed E-state index contributed by atoms with van der Waals surface area (Å²) < 4.78 is 4.82. The smallest absolute Gasteiger partial charge is 0.338 e. The molecule has 2 aromatic carbocycles. The monoisotopic (exact) mass is 303 g/mol. The molecule has 0 fully saturated rings. The van der Waals surface area contributed by atoms with Crippen LogP contribution in [0.4, 0.5) is 0 Å². The predicted octanol–water partition coefficient (Wildman–Crippen LogP) is 3.76. The molecule has 0 heterocycles. The molecule has 21 heavy (non-hydrogen) atoms. The van der Waals surface area contributed by atoms with E-state index in [4.69, 9.17) is 16.3 Å². The van der Waals surface area contributed by atoms with Gasteiger partial charge in [0.15, 0.2) is 0 Å². The highest BCUT2D eigenvalue weighted by Crippen LogP contribution is 2.15. The van der Waals surface area contributed by atoms with Gasteiger partial charge in [-0.15, -0.1) is 0 Å². The zero-order valence-electron chi connectivity index (χ0n) is 12.2. The Bertz CT molecular complexity index is 610. The fraction of sp³-hybridized carbons (Fsp3) is 0.235. The minimum Gasteiger partial charge on any atom is -0.465 e. The van der Waals surface area contributed by atoms with Gasteiger partial charge in [-0.1, -0.05) is 41.9 Å². The largest absolute Gasteiger partial charge is 0.465 e. The molecule has 2 aromatic rings. The van der Waals surface area contributed by atoms with Gasteiger partial charge in [0.25, 0.3) is 0 Å². The van der Waals surface area contributed by atoms with Crippen LogP contribution in [0, 0.1) is 0 Å². The first-order chi connectivity index (χ1) is 10.1. The summed E-state index contributed by atoms with van der Waals surface area (Å²) in [5.74, 6) is -0.300. The van der Waals surface area contributed by atoms with E-state index in [1.165, 1.54) is 12.7 Å². The number of rotatable bonds is 5. The molecule has 3 nitrogen and oxygen atoms in total. The lowest BCUT2D eigenvalue weighted by molar-refractivity contribution is 0.0598. The van der Waals surface area contributed by atoms with Crippen LogP contribution in [0.1, 0.15) is 21.5 Å². The lowest BCUT2D eigenvalue weighted by atomic mass is 10.1. The Hall–Kier alpha value is -1.84. The van der Waals surface area contributed by atoms with Crippen molar-refractivity contribution >= 4 is 17.6 Å². The first kappa shape index (κ1) is 15.5. The molecular weight excluding hydrogens is 286 g/mol. The van der Waals surface area contributed by atoms with E-state index in [9.17, 15) is 4.79 Å². The van der Waals surface area contributed by atoms with Crippen LogP contribution in [0.3, 0.4) is 0 Å². The Morgan fingerprint density at radius 1 is 1.10 bits per heavy atom. The topological polar surface area (TPSA) is 29.5 Å². The molecule has 0 aliphatic carbocycles. The number of benzene rings is 2. The Kier molecular flexibility index (Phi) is 5.37. The van der Waals surface area contributed by atoms with Gasteiger partial charge in [-0.2, -0.15) is 0 Å². The van der Waals surface area contributed by atoms with Crippen molar-refractivity contribution in [3.8, 4) is 0 Å². The number of hydrogen-bond acceptors (Lipinski definition) is 3. The van der Waals surface area contributed by atoms with E-state index in [2.05, 4.69) is 4.90 Å². The third kappa shape index (κ3) is 4.31. The van der Waals surface area contributed by atoms with Crippen LogP contribution in [0.25, 0.3) is 0 Å². The van der Waals surface area contributed by atoms with Crippen LogP contribution >= 0.6 is 11.6 Å². The van der Waals surface area contributed by atoms with Gasteiger partial charge in [-0.25, -0.2) is 4.79 Å². The molecule has 0 saturated heterocycles. The van der Waals surface area contributed by atoms with Crippen LogP contribution in [-0.4, -0.2) is 25.0 Å². The van der Waals surface area contributed by atoms with Gasteiger partial charge in [-0.3, -0.25) is 4.90 Å². The summed E-state index contributed by atoms with van der Waals surface area (Å²) in [7, 11) is 3.42. The summed E-state index contributed by atoms with van der Waals surface area (Å²) in [6.07, 6.45) is 0. The van der Waals surface area contributed by atoms with Crippen molar-refractivity contribution in [3.63, 3.8) is 0 Å². The highest BCUT2D eigenvalue weighted by Gasteiger charge is 2.12. The third-order valence-electron chi connectivity index (χ3n) is 3.23. The van der Waals surface area contributed by atoms with E-state index in [1.807, 2.05) is 49.5 Å². The number of carbonyl (C=O) groups is 1. The maximum atomic E-state index is 11.8. The van der Waals surface area contributed by atoms with Gasteiger partial charge in [0.2, 0.25) is 0 Å². The number of hydrogen-bond donors (Lipinski definition) is 0. The number of nitrogens with zero attached hydrogens (tertiary/aromatic N) is 1. The van der Waals surface area contributed by atoms with Crippen molar-refractivity contribution in [2.24, 2.45) is 0 Å². The van der Waals surface area contributed by atoms with Crippen molar-refractivity contribution in [3.05, 3.63) is 70.2 Å². The fourth-order valence-electron chi connectivity index (χ4n) is 2.22.